The van der Waals surface area contributed by atoms with Crippen LogP contribution in [0, 0.1) is 5.92 Å². The van der Waals surface area contributed by atoms with Crippen molar-refractivity contribution in [3.8, 4) is 0 Å². The standard InChI is InChI=1S/C18H29BrN2/c1-5-14-10-15(19)7-8-18(14)21-12-16(9-13(3)4)20-11-17(21)6-2/h7-8,10,13,16-17,20H,5-6,9,11-12H2,1-4H3. The second-order valence-electron chi connectivity index (χ2n) is 6.58. The smallest absolute Gasteiger partial charge is 0.0412 e. The van der Waals surface area contributed by atoms with Gasteiger partial charge in [-0.05, 0) is 48.9 Å². The molecule has 0 aliphatic carbocycles. The Balaban J connectivity index is 2.24. The van der Waals surface area contributed by atoms with Gasteiger partial charge in [0.2, 0.25) is 0 Å². The van der Waals surface area contributed by atoms with Crippen LogP contribution in [0.3, 0.4) is 0 Å². The summed E-state index contributed by atoms with van der Waals surface area (Å²) in [5.74, 6) is 0.748. The molecule has 118 valence electrons. The average molecular weight is 353 g/mol. The monoisotopic (exact) mass is 352 g/mol. The molecule has 0 radical (unpaired) electrons. The van der Waals surface area contributed by atoms with E-state index in [1.165, 1.54) is 28.6 Å². The summed E-state index contributed by atoms with van der Waals surface area (Å²) in [7, 11) is 0. The average Bonchev–Trinajstić information content (AvgIpc) is 2.46. The minimum absolute atomic E-state index is 0.611. The van der Waals surface area contributed by atoms with Crippen molar-refractivity contribution in [2.45, 2.75) is 59.0 Å². The number of nitrogens with one attached hydrogen (secondary N) is 1. The molecule has 1 saturated heterocycles. The zero-order chi connectivity index (χ0) is 15.4. The van der Waals surface area contributed by atoms with Crippen molar-refractivity contribution >= 4 is 21.6 Å². The molecular formula is C18H29BrN2. The molecule has 21 heavy (non-hydrogen) atoms. The van der Waals surface area contributed by atoms with Gasteiger partial charge in [-0.15, -0.1) is 0 Å². The van der Waals surface area contributed by atoms with E-state index in [-0.39, 0.29) is 0 Å². The van der Waals surface area contributed by atoms with E-state index in [9.17, 15) is 0 Å². The summed E-state index contributed by atoms with van der Waals surface area (Å²) in [6.07, 6.45) is 3.54. The number of piperazine rings is 1. The van der Waals surface area contributed by atoms with Crippen molar-refractivity contribution in [1.82, 2.24) is 5.32 Å². The van der Waals surface area contributed by atoms with Gasteiger partial charge in [0.05, 0.1) is 0 Å². The van der Waals surface area contributed by atoms with Crippen molar-refractivity contribution in [2.24, 2.45) is 5.92 Å². The van der Waals surface area contributed by atoms with E-state index < -0.39 is 0 Å². The van der Waals surface area contributed by atoms with Crippen LogP contribution in [0.2, 0.25) is 0 Å². The molecule has 0 aromatic heterocycles. The van der Waals surface area contributed by atoms with E-state index in [0.29, 0.717) is 12.1 Å². The fourth-order valence-corrected chi connectivity index (χ4v) is 3.78. The highest BCUT2D eigenvalue weighted by molar-refractivity contribution is 9.10. The number of halogens is 1. The second-order valence-corrected chi connectivity index (χ2v) is 7.49. The van der Waals surface area contributed by atoms with Crippen LogP contribution < -0.4 is 10.2 Å². The summed E-state index contributed by atoms with van der Waals surface area (Å²) in [5, 5.41) is 3.75. The third-order valence-corrected chi connectivity index (χ3v) is 4.95. The van der Waals surface area contributed by atoms with Crippen molar-refractivity contribution in [2.75, 3.05) is 18.0 Å². The number of hydrogen-bond acceptors (Lipinski definition) is 2. The molecule has 1 heterocycles. The molecule has 0 amide bonds. The summed E-state index contributed by atoms with van der Waals surface area (Å²) in [6.45, 7) is 11.4. The highest BCUT2D eigenvalue weighted by Gasteiger charge is 2.28. The fraction of sp³-hybridized carbons (Fsp3) is 0.667. The SMILES string of the molecule is CCc1cc(Br)ccc1N1CC(CC(C)C)NCC1CC. The van der Waals surface area contributed by atoms with Gasteiger partial charge in [-0.25, -0.2) is 0 Å². The molecule has 1 aliphatic rings. The van der Waals surface area contributed by atoms with Crippen LogP contribution in [0.4, 0.5) is 5.69 Å². The van der Waals surface area contributed by atoms with Gasteiger partial charge >= 0.3 is 0 Å². The Morgan fingerprint density at radius 3 is 2.71 bits per heavy atom. The molecule has 2 unspecified atom stereocenters. The zero-order valence-electron chi connectivity index (χ0n) is 13.8. The van der Waals surface area contributed by atoms with Crippen molar-refractivity contribution in [1.29, 1.82) is 0 Å². The molecular weight excluding hydrogens is 324 g/mol. The van der Waals surface area contributed by atoms with Crippen LogP contribution in [0.5, 0.6) is 0 Å². The van der Waals surface area contributed by atoms with Gasteiger partial charge in [-0.3, -0.25) is 0 Å². The number of nitrogens with zero attached hydrogens (tertiary/aromatic N) is 1. The summed E-state index contributed by atoms with van der Waals surface area (Å²) < 4.78 is 1.19. The summed E-state index contributed by atoms with van der Waals surface area (Å²) in [4.78, 5) is 2.65. The van der Waals surface area contributed by atoms with Gasteiger partial charge in [0.1, 0.15) is 0 Å². The molecule has 2 nitrogen and oxygen atoms in total. The van der Waals surface area contributed by atoms with Gasteiger partial charge in [-0.1, -0.05) is 43.6 Å². The lowest BCUT2D eigenvalue weighted by Crippen LogP contribution is -2.57. The summed E-state index contributed by atoms with van der Waals surface area (Å²) >= 11 is 3.61. The minimum atomic E-state index is 0.611. The first kappa shape index (κ1) is 16.8. The predicted molar refractivity (Wildman–Crippen MR) is 96.2 cm³/mol. The Hall–Kier alpha value is -0.540. The maximum atomic E-state index is 3.75. The highest BCUT2D eigenvalue weighted by Crippen LogP contribution is 2.29. The fourth-order valence-electron chi connectivity index (χ4n) is 3.37. The van der Waals surface area contributed by atoms with E-state index in [0.717, 1.165) is 25.4 Å². The number of anilines is 1. The van der Waals surface area contributed by atoms with Crippen LogP contribution in [-0.4, -0.2) is 25.2 Å². The molecule has 1 aliphatic heterocycles. The second kappa shape index (κ2) is 7.64. The first-order valence-electron chi connectivity index (χ1n) is 8.33. The van der Waals surface area contributed by atoms with E-state index in [4.69, 9.17) is 0 Å². The third kappa shape index (κ3) is 4.23. The van der Waals surface area contributed by atoms with Crippen LogP contribution in [-0.2, 0) is 6.42 Å². The Morgan fingerprint density at radius 1 is 1.33 bits per heavy atom. The lowest BCUT2D eigenvalue weighted by Gasteiger charge is -2.43. The Bertz CT molecular complexity index is 459. The molecule has 0 spiro atoms. The van der Waals surface area contributed by atoms with Crippen molar-refractivity contribution in [3.05, 3.63) is 28.2 Å². The molecule has 1 fully saturated rings. The van der Waals surface area contributed by atoms with Crippen LogP contribution >= 0.6 is 15.9 Å². The minimum Gasteiger partial charge on any atom is -0.365 e. The van der Waals surface area contributed by atoms with Crippen LogP contribution in [0.25, 0.3) is 0 Å². The van der Waals surface area contributed by atoms with Gasteiger partial charge in [-0.2, -0.15) is 0 Å². The lowest BCUT2D eigenvalue weighted by molar-refractivity contribution is 0.343. The van der Waals surface area contributed by atoms with Gasteiger partial charge < -0.3 is 10.2 Å². The Morgan fingerprint density at radius 2 is 2.10 bits per heavy atom. The molecule has 3 heteroatoms. The van der Waals surface area contributed by atoms with Gasteiger partial charge in [0.25, 0.3) is 0 Å². The van der Waals surface area contributed by atoms with Crippen molar-refractivity contribution < 1.29 is 0 Å². The normalized spacial score (nSPS) is 22.9. The Kier molecular flexibility index (Phi) is 6.12. The quantitative estimate of drug-likeness (QED) is 0.831. The van der Waals surface area contributed by atoms with E-state index in [2.05, 4.69) is 72.0 Å². The van der Waals surface area contributed by atoms with Crippen molar-refractivity contribution in [3.63, 3.8) is 0 Å². The molecule has 0 saturated carbocycles. The number of benzene rings is 1. The molecule has 1 aromatic carbocycles. The first-order valence-corrected chi connectivity index (χ1v) is 9.12. The zero-order valence-corrected chi connectivity index (χ0v) is 15.4. The van der Waals surface area contributed by atoms with Crippen LogP contribution in [0.15, 0.2) is 22.7 Å². The first-order chi connectivity index (χ1) is 10.0. The summed E-state index contributed by atoms with van der Waals surface area (Å²) in [5.41, 5.74) is 2.89. The summed E-state index contributed by atoms with van der Waals surface area (Å²) in [6, 6.07) is 7.98. The van der Waals surface area contributed by atoms with E-state index in [1.807, 2.05) is 0 Å². The van der Waals surface area contributed by atoms with E-state index >= 15 is 0 Å². The van der Waals surface area contributed by atoms with Gasteiger partial charge in [0.15, 0.2) is 0 Å². The Labute approximate surface area is 138 Å². The maximum Gasteiger partial charge on any atom is 0.0412 e. The lowest BCUT2D eigenvalue weighted by atomic mass is 9.97. The number of hydrogen-bond donors (Lipinski definition) is 1. The highest BCUT2D eigenvalue weighted by atomic mass is 79.9. The number of aryl methyl sites for hydroxylation is 1. The molecule has 2 rings (SSSR count). The van der Waals surface area contributed by atoms with Crippen LogP contribution in [0.1, 0.15) is 46.1 Å². The predicted octanol–water partition coefficient (Wildman–Crippen LogP) is 4.61. The molecule has 2 atom stereocenters. The van der Waals surface area contributed by atoms with E-state index in [1.54, 1.807) is 0 Å². The number of rotatable bonds is 5. The maximum absolute atomic E-state index is 3.75. The molecule has 1 N–H and O–H groups in total. The molecule has 1 aromatic rings. The topological polar surface area (TPSA) is 15.3 Å². The molecule has 0 bridgehead atoms. The third-order valence-electron chi connectivity index (χ3n) is 4.46. The largest absolute Gasteiger partial charge is 0.365 e. The van der Waals surface area contributed by atoms with Gasteiger partial charge in [0, 0.05) is 35.3 Å².